The number of nitrogens with one attached hydrogen (secondary N) is 1. The Balaban J connectivity index is 1.63. The van der Waals surface area contributed by atoms with Crippen LogP contribution in [0.5, 0.6) is 5.88 Å². The van der Waals surface area contributed by atoms with E-state index < -0.39 is 6.09 Å². The van der Waals surface area contributed by atoms with E-state index in [-0.39, 0.29) is 5.88 Å². The molecular weight excluding hydrogens is 468 g/mol. The number of benzene rings is 3. The molecule has 0 atom stereocenters. The van der Waals surface area contributed by atoms with Gasteiger partial charge >= 0.3 is 6.09 Å². The van der Waals surface area contributed by atoms with Crippen LogP contribution in [0.25, 0.3) is 10.9 Å². The molecule has 1 fully saturated rings. The number of nitrogens with zero attached hydrogens (tertiary/aromatic N) is 3. The molecule has 0 spiro atoms. The molecule has 1 saturated heterocycles. The predicted molar refractivity (Wildman–Crippen MR) is 147 cm³/mol. The molecule has 0 aliphatic carbocycles. The van der Waals surface area contributed by atoms with Gasteiger partial charge in [-0.2, -0.15) is 0 Å². The van der Waals surface area contributed by atoms with Gasteiger partial charge in [-0.05, 0) is 48.9 Å². The van der Waals surface area contributed by atoms with Crippen LogP contribution < -0.4 is 9.80 Å². The Morgan fingerprint density at radius 3 is 2.54 bits per heavy atom. The summed E-state index contributed by atoms with van der Waals surface area (Å²) in [4.78, 5) is 24.0. The number of H-pyrrole nitrogens is 1. The number of amides is 1. The summed E-state index contributed by atoms with van der Waals surface area (Å²) in [6.45, 7) is 5.27. The number of anilines is 2. The van der Waals surface area contributed by atoms with Crippen LogP contribution >= 0.6 is 0 Å². The second kappa shape index (κ2) is 10.4. The minimum absolute atomic E-state index is 0.0112. The molecule has 0 bridgehead atoms. The van der Waals surface area contributed by atoms with Crippen molar-refractivity contribution in [3.8, 4) is 5.88 Å². The van der Waals surface area contributed by atoms with E-state index in [2.05, 4.69) is 28.9 Å². The molecule has 5 rings (SSSR count). The van der Waals surface area contributed by atoms with Crippen molar-refractivity contribution >= 4 is 39.8 Å². The molecule has 0 unspecified atom stereocenters. The zero-order valence-electron chi connectivity index (χ0n) is 21.2. The van der Waals surface area contributed by atoms with Crippen molar-refractivity contribution in [2.75, 3.05) is 50.3 Å². The molecule has 0 saturated carbocycles. The Labute approximate surface area is 215 Å². The maximum atomic E-state index is 12.1. The van der Waals surface area contributed by atoms with Gasteiger partial charge in [0.25, 0.3) is 0 Å². The van der Waals surface area contributed by atoms with Gasteiger partial charge in [-0.15, -0.1) is 0 Å². The molecule has 3 aromatic carbocycles. The molecule has 4 aromatic rings. The average molecular weight is 499 g/mol. The highest BCUT2D eigenvalue weighted by molar-refractivity contribution is 6.22. The molecule has 1 aliphatic heterocycles. The Bertz CT molecular complexity index is 1460. The van der Waals surface area contributed by atoms with E-state index >= 15 is 0 Å². The number of methoxy groups -OCH3 is 1. The second-order valence-electron chi connectivity index (χ2n) is 9.00. The van der Waals surface area contributed by atoms with E-state index in [1.54, 1.807) is 13.1 Å². The quantitative estimate of drug-likeness (QED) is 0.360. The van der Waals surface area contributed by atoms with Gasteiger partial charge in [0.15, 0.2) is 5.88 Å². The predicted octanol–water partition coefficient (Wildman–Crippen LogP) is 5.39. The number of carbonyl (C=O) groups excluding carboxylic acids is 1. The van der Waals surface area contributed by atoms with Crippen LogP contribution in [0.4, 0.5) is 21.9 Å². The highest BCUT2D eigenvalue weighted by Gasteiger charge is 2.21. The molecule has 8 nitrogen and oxygen atoms in total. The molecular formula is C29H30N4O4. The molecule has 1 aliphatic rings. The van der Waals surface area contributed by atoms with Gasteiger partial charge in [-0.3, -0.25) is 4.90 Å². The summed E-state index contributed by atoms with van der Waals surface area (Å²) >= 11 is 0. The first-order chi connectivity index (χ1) is 18.0. The Hall–Kier alpha value is -4.30. The summed E-state index contributed by atoms with van der Waals surface area (Å²) in [6, 6.07) is 21.4. The zero-order valence-corrected chi connectivity index (χ0v) is 21.2. The summed E-state index contributed by atoms with van der Waals surface area (Å²) in [5.74, 6) is 0.0112. The molecule has 8 heteroatoms. The number of aromatic hydroxyl groups is 1. The van der Waals surface area contributed by atoms with Crippen LogP contribution in [-0.2, 0) is 9.47 Å². The second-order valence-corrected chi connectivity index (χ2v) is 9.00. The Morgan fingerprint density at radius 1 is 1.08 bits per heavy atom. The first-order valence-corrected chi connectivity index (χ1v) is 12.2. The number of aliphatic imine (C=N–C) groups is 1. The van der Waals surface area contributed by atoms with Gasteiger partial charge in [-0.1, -0.05) is 30.3 Å². The summed E-state index contributed by atoms with van der Waals surface area (Å²) in [5, 5.41) is 11.8. The fourth-order valence-corrected chi connectivity index (χ4v) is 4.71. The first kappa shape index (κ1) is 24.4. The fraction of sp³-hybridized carbons (Fsp3) is 0.241. The maximum absolute atomic E-state index is 12.1. The number of fused-ring (bicyclic) bond motifs is 1. The number of ether oxygens (including phenoxy) is 2. The lowest BCUT2D eigenvalue weighted by Crippen LogP contribution is -2.36. The SMILES string of the molecule is COC(=O)N(C)c1ccc2[nH]c(O)c(C(=Nc3ccc(N4CCOCC4)c(C)c3)c3ccccc3)c2c1. The van der Waals surface area contributed by atoms with Gasteiger partial charge < -0.3 is 24.5 Å². The molecule has 37 heavy (non-hydrogen) atoms. The van der Waals surface area contributed by atoms with Crippen LogP contribution in [0.2, 0.25) is 0 Å². The third kappa shape index (κ3) is 4.88. The van der Waals surface area contributed by atoms with Crippen LogP contribution in [-0.4, -0.2) is 62.4 Å². The van der Waals surface area contributed by atoms with Crippen LogP contribution in [0.3, 0.4) is 0 Å². The van der Waals surface area contributed by atoms with Crippen LogP contribution in [0, 0.1) is 6.92 Å². The molecule has 1 amide bonds. The van der Waals surface area contributed by atoms with Crippen molar-refractivity contribution < 1.29 is 19.4 Å². The number of rotatable bonds is 5. The van der Waals surface area contributed by atoms with Crippen molar-refractivity contribution in [2.24, 2.45) is 4.99 Å². The highest BCUT2D eigenvalue weighted by Crippen LogP contribution is 2.34. The van der Waals surface area contributed by atoms with E-state index in [9.17, 15) is 9.90 Å². The molecule has 2 N–H and O–H groups in total. The largest absolute Gasteiger partial charge is 0.494 e. The zero-order chi connectivity index (χ0) is 25.9. The smallest absolute Gasteiger partial charge is 0.413 e. The molecule has 190 valence electrons. The fourth-order valence-electron chi connectivity index (χ4n) is 4.71. The summed E-state index contributed by atoms with van der Waals surface area (Å²) in [6.07, 6.45) is -0.478. The Kier molecular flexibility index (Phi) is 6.83. The molecule has 0 radical (unpaired) electrons. The van der Waals surface area contributed by atoms with Crippen molar-refractivity contribution in [3.05, 3.63) is 83.4 Å². The van der Waals surface area contributed by atoms with Crippen LogP contribution in [0.1, 0.15) is 16.7 Å². The summed E-state index contributed by atoms with van der Waals surface area (Å²) in [5.41, 5.74) is 6.51. The number of aromatic amines is 1. The maximum Gasteiger partial charge on any atom is 0.413 e. The normalized spacial score (nSPS) is 14.1. The minimum atomic E-state index is -0.478. The first-order valence-electron chi connectivity index (χ1n) is 12.2. The third-order valence-electron chi connectivity index (χ3n) is 6.66. The number of hydrogen-bond donors (Lipinski definition) is 2. The summed E-state index contributed by atoms with van der Waals surface area (Å²) < 4.78 is 10.4. The number of hydrogen-bond acceptors (Lipinski definition) is 6. The van der Waals surface area contributed by atoms with Crippen molar-refractivity contribution in [3.63, 3.8) is 0 Å². The van der Waals surface area contributed by atoms with Gasteiger partial charge in [0, 0.05) is 48.0 Å². The van der Waals surface area contributed by atoms with Gasteiger partial charge in [0.1, 0.15) is 0 Å². The number of aromatic nitrogens is 1. The van der Waals surface area contributed by atoms with Gasteiger partial charge in [0.2, 0.25) is 0 Å². The van der Waals surface area contributed by atoms with Gasteiger partial charge in [0.05, 0.1) is 37.3 Å². The van der Waals surface area contributed by atoms with E-state index in [1.165, 1.54) is 17.7 Å². The standard InChI is InChI=1S/C29H30N4O4/c1-19-17-21(9-12-25(19)33-13-15-37-16-14-33)30-27(20-7-5-4-6-8-20)26-23-18-22(32(2)29(35)36-3)10-11-24(23)31-28(26)34/h4-12,17-18,31,34H,13-16H2,1-3H3. The van der Waals surface area contributed by atoms with Crippen molar-refractivity contribution in [1.29, 1.82) is 0 Å². The van der Waals surface area contributed by atoms with Crippen molar-refractivity contribution in [2.45, 2.75) is 6.92 Å². The van der Waals surface area contributed by atoms with E-state index in [1.807, 2.05) is 48.5 Å². The number of carbonyl (C=O) groups is 1. The average Bonchev–Trinajstić information content (AvgIpc) is 3.26. The molecule has 1 aromatic heterocycles. The summed E-state index contributed by atoms with van der Waals surface area (Å²) in [7, 11) is 2.99. The minimum Gasteiger partial charge on any atom is -0.494 e. The monoisotopic (exact) mass is 498 g/mol. The topological polar surface area (TPSA) is 90.4 Å². The van der Waals surface area contributed by atoms with Crippen LogP contribution in [0.15, 0.2) is 71.7 Å². The van der Waals surface area contributed by atoms with E-state index in [4.69, 9.17) is 14.5 Å². The Morgan fingerprint density at radius 2 is 1.84 bits per heavy atom. The lowest BCUT2D eigenvalue weighted by atomic mass is 10.00. The molecule has 2 heterocycles. The lowest BCUT2D eigenvalue weighted by Gasteiger charge is -2.30. The number of morpholine rings is 1. The lowest BCUT2D eigenvalue weighted by molar-refractivity contribution is 0.122. The van der Waals surface area contributed by atoms with Gasteiger partial charge in [-0.25, -0.2) is 9.79 Å². The number of aryl methyl sites for hydroxylation is 1. The highest BCUT2D eigenvalue weighted by atomic mass is 16.5. The third-order valence-corrected chi connectivity index (χ3v) is 6.66. The van der Waals surface area contributed by atoms with E-state index in [0.29, 0.717) is 17.0 Å². The van der Waals surface area contributed by atoms with Crippen molar-refractivity contribution in [1.82, 2.24) is 4.98 Å². The van der Waals surface area contributed by atoms with E-state index in [0.717, 1.165) is 54.0 Å².